The lowest BCUT2D eigenvalue weighted by atomic mass is 9.54. The second-order valence-electron chi connectivity index (χ2n) is 8.08. The number of fused-ring (bicyclic) bond motifs is 4. The van der Waals surface area contributed by atoms with E-state index in [1.807, 2.05) is 0 Å². The van der Waals surface area contributed by atoms with E-state index in [0.29, 0.717) is 0 Å². The highest BCUT2D eigenvalue weighted by molar-refractivity contribution is 5.27. The molecule has 0 radical (unpaired) electrons. The molecule has 0 aliphatic heterocycles. The van der Waals surface area contributed by atoms with E-state index in [0.717, 1.165) is 43.4 Å². The van der Waals surface area contributed by atoms with Crippen LogP contribution in [0.5, 0.6) is 0 Å². The van der Waals surface area contributed by atoms with E-state index in [9.17, 15) is 10.2 Å². The Bertz CT molecular complexity index is 441. The maximum Gasteiger partial charge on any atom is 0.0596 e. The Morgan fingerprint density at radius 3 is 2.70 bits per heavy atom. The van der Waals surface area contributed by atoms with Crippen LogP contribution < -0.4 is 0 Å². The van der Waals surface area contributed by atoms with Gasteiger partial charge in [-0.2, -0.15) is 0 Å². The predicted octanol–water partition coefficient (Wildman–Crippen LogP) is 3.43. The molecule has 20 heavy (non-hydrogen) atoms. The molecule has 2 fully saturated rings. The monoisotopic (exact) mass is 276 g/mol. The van der Waals surface area contributed by atoms with Crippen molar-refractivity contribution >= 4 is 0 Å². The number of hydrogen-bond acceptors (Lipinski definition) is 2. The van der Waals surface area contributed by atoms with E-state index in [1.54, 1.807) is 11.1 Å². The Hall–Kier alpha value is -0.340. The zero-order chi connectivity index (χ0) is 13.9. The van der Waals surface area contributed by atoms with Crippen molar-refractivity contribution in [3.05, 3.63) is 11.1 Å². The van der Waals surface area contributed by atoms with Crippen LogP contribution in [0.1, 0.15) is 64.7 Å². The fourth-order valence-corrected chi connectivity index (χ4v) is 6.16. The molecule has 0 amide bonds. The molecule has 0 bridgehead atoms. The maximum atomic E-state index is 10.4. The smallest absolute Gasteiger partial charge is 0.0596 e. The zero-order valence-electron chi connectivity index (χ0n) is 12.6. The average molecular weight is 276 g/mol. The van der Waals surface area contributed by atoms with Crippen molar-refractivity contribution in [2.75, 3.05) is 0 Å². The lowest BCUT2D eigenvalue weighted by Gasteiger charge is -2.51. The van der Waals surface area contributed by atoms with Crippen LogP contribution >= 0.6 is 0 Å². The fraction of sp³-hybridized carbons (Fsp3) is 0.889. The van der Waals surface area contributed by atoms with Gasteiger partial charge in [-0.1, -0.05) is 18.1 Å². The van der Waals surface area contributed by atoms with Gasteiger partial charge in [0.1, 0.15) is 0 Å². The van der Waals surface area contributed by atoms with Crippen molar-refractivity contribution in [1.82, 2.24) is 0 Å². The molecule has 4 unspecified atom stereocenters. The van der Waals surface area contributed by atoms with Crippen LogP contribution in [0.4, 0.5) is 0 Å². The predicted molar refractivity (Wildman–Crippen MR) is 79.2 cm³/mol. The molecule has 0 aromatic carbocycles. The molecular formula is C18H28O2. The first-order valence-electron chi connectivity index (χ1n) is 8.66. The third kappa shape index (κ3) is 1.77. The van der Waals surface area contributed by atoms with Gasteiger partial charge in [-0.05, 0) is 81.0 Å². The Morgan fingerprint density at radius 1 is 1.00 bits per heavy atom. The van der Waals surface area contributed by atoms with Crippen molar-refractivity contribution in [3.8, 4) is 0 Å². The molecule has 2 N–H and O–H groups in total. The lowest BCUT2D eigenvalue weighted by molar-refractivity contribution is -0.0326. The van der Waals surface area contributed by atoms with E-state index in [1.165, 1.54) is 32.1 Å². The van der Waals surface area contributed by atoms with Gasteiger partial charge in [0.15, 0.2) is 0 Å². The summed E-state index contributed by atoms with van der Waals surface area (Å²) < 4.78 is 0. The van der Waals surface area contributed by atoms with E-state index in [4.69, 9.17) is 0 Å². The molecule has 2 saturated carbocycles. The number of aliphatic hydroxyl groups excluding tert-OH is 2. The number of rotatable bonds is 0. The van der Waals surface area contributed by atoms with E-state index in [2.05, 4.69) is 6.92 Å². The number of hydrogen-bond donors (Lipinski definition) is 2. The highest BCUT2D eigenvalue weighted by atomic mass is 16.3. The van der Waals surface area contributed by atoms with Crippen LogP contribution in [0.2, 0.25) is 0 Å². The van der Waals surface area contributed by atoms with Gasteiger partial charge in [-0.25, -0.2) is 0 Å². The first-order valence-corrected chi connectivity index (χ1v) is 8.66. The van der Waals surface area contributed by atoms with Crippen LogP contribution in [0.15, 0.2) is 11.1 Å². The molecule has 4 aliphatic carbocycles. The maximum absolute atomic E-state index is 10.4. The summed E-state index contributed by atoms with van der Waals surface area (Å²) >= 11 is 0. The third-order valence-corrected chi connectivity index (χ3v) is 7.30. The van der Waals surface area contributed by atoms with Crippen LogP contribution in [0.3, 0.4) is 0 Å². The van der Waals surface area contributed by atoms with Crippen molar-refractivity contribution in [3.63, 3.8) is 0 Å². The van der Waals surface area contributed by atoms with E-state index >= 15 is 0 Å². The highest BCUT2D eigenvalue weighted by Crippen LogP contribution is 2.61. The Morgan fingerprint density at radius 2 is 1.85 bits per heavy atom. The standard InChI is InChI=1S/C18H28O2/c1-18-9-8-14-13-5-3-12(19)10-11(13)2-4-15(14)16(18)6-7-17(18)20/h12,14-17,19-20H,2-10H2,1H3/t12-,14?,15?,16?,17?,18-/m0/s1. The Balaban J connectivity index is 1.64. The van der Waals surface area contributed by atoms with Gasteiger partial charge >= 0.3 is 0 Å². The van der Waals surface area contributed by atoms with Gasteiger partial charge in [0.2, 0.25) is 0 Å². The molecule has 2 nitrogen and oxygen atoms in total. The topological polar surface area (TPSA) is 40.5 Å². The van der Waals surface area contributed by atoms with Crippen molar-refractivity contribution in [2.45, 2.75) is 76.9 Å². The van der Waals surface area contributed by atoms with Gasteiger partial charge in [-0.15, -0.1) is 0 Å². The summed E-state index contributed by atoms with van der Waals surface area (Å²) in [6.45, 7) is 2.35. The minimum absolute atomic E-state index is 0.0583. The fourth-order valence-electron chi connectivity index (χ4n) is 6.16. The zero-order valence-corrected chi connectivity index (χ0v) is 12.6. The van der Waals surface area contributed by atoms with Gasteiger partial charge in [0.05, 0.1) is 12.2 Å². The molecule has 0 heterocycles. The molecular weight excluding hydrogens is 248 g/mol. The van der Waals surface area contributed by atoms with Gasteiger partial charge in [0, 0.05) is 0 Å². The normalized spacial score (nSPS) is 51.5. The second-order valence-corrected chi connectivity index (χ2v) is 8.08. The summed E-state index contributed by atoms with van der Waals surface area (Å²) in [5.41, 5.74) is 3.54. The average Bonchev–Trinajstić information content (AvgIpc) is 2.74. The number of aliphatic hydroxyl groups is 2. The molecule has 112 valence electrons. The summed E-state index contributed by atoms with van der Waals surface area (Å²) in [6, 6.07) is 0. The SMILES string of the molecule is C[C@]12CCC3C4=C(CCC3C1CCC2O)C[C@@H](O)CC4. The molecule has 4 aliphatic rings. The van der Waals surface area contributed by atoms with Crippen molar-refractivity contribution in [1.29, 1.82) is 0 Å². The lowest BCUT2D eigenvalue weighted by Crippen LogP contribution is -2.45. The summed E-state index contributed by atoms with van der Waals surface area (Å²) in [5, 5.41) is 20.3. The summed E-state index contributed by atoms with van der Waals surface area (Å²) in [4.78, 5) is 0. The third-order valence-electron chi connectivity index (χ3n) is 7.30. The summed E-state index contributed by atoms with van der Waals surface area (Å²) in [6.07, 6.45) is 10.2. The minimum atomic E-state index is -0.0764. The summed E-state index contributed by atoms with van der Waals surface area (Å²) in [5.74, 6) is 2.35. The Kier molecular flexibility index (Phi) is 3.05. The molecule has 2 heteroatoms. The molecule has 6 atom stereocenters. The molecule has 0 saturated heterocycles. The van der Waals surface area contributed by atoms with Crippen LogP contribution in [-0.2, 0) is 0 Å². The minimum Gasteiger partial charge on any atom is -0.393 e. The van der Waals surface area contributed by atoms with Gasteiger partial charge < -0.3 is 10.2 Å². The largest absolute Gasteiger partial charge is 0.393 e. The molecule has 0 aromatic rings. The van der Waals surface area contributed by atoms with Crippen LogP contribution in [0.25, 0.3) is 0 Å². The van der Waals surface area contributed by atoms with Crippen LogP contribution in [0, 0.1) is 23.2 Å². The first-order chi connectivity index (χ1) is 9.59. The van der Waals surface area contributed by atoms with Gasteiger partial charge in [-0.3, -0.25) is 0 Å². The van der Waals surface area contributed by atoms with E-state index < -0.39 is 0 Å². The Labute approximate surface area is 122 Å². The summed E-state index contributed by atoms with van der Waals surface area (Å²) in [7, 11) is 0. The molecule has 0 aromatic heterocycles. The van der Waals surface area contributed by atoms with E-state index in [-0.39, 0.29) is 17.6 Å². The first kappa shape index (κ1) is 13.3. The number of allylic oxidation sites excluding steroid dienone is 1. The highest BCUT2D eigenvalue weighted by Gasteiger charge is 2.54. The van der Waals surface area contributed by atoms with Crippen molar-refractivity contribution < 1.29 is 10.2 Å². The molecule has 0 spiro atoms. The van der Waals surface area contributed by atoms with Crippen LogP contribution in [-0.4, -0.2) is 22.4 Å². The molecule has 4 rings (SSSR count). The van der Waals surface area contributed by atoms with Crippen molar-refractivity contribution in [2.24, 2.45) is 23.2 Å². The quantitative estimate of drug-likeness (QED) is 0.666. The van der Waals surface area contributed by atoms with Gasteiger partial charge in [0.25, 0.3) is 0 Å². The second kappa shape index (κ2) is 4.58.